The zero-order valence-electron chi connectivity index (χ0n) is 26.6. The Morgan fingerprint density at radius 3 is 1.03 bits per heavy atom. The highest BCUT2D eigenvalue weighted by atomic mass is 16.5. The number of ether oxygens (including phenoxy) is 1. The molecule has 0 amide bonds. The maximum atomic E-state index is 11.8. The van der Waals surface area contributed by atoms with Gasteiger partial charge in [0, 0.05) is 5.57 Å². The molecule has 0 aromatic rings. The average molecular weight is 535 g/mol. The Hall–Kier alpha value is -0.790. The number of hydrogen-bond acceptors (Lipinski definition) is 2. The number of esters is 1. The Bertz CT molecular complexity index is 498. The molecule has 0 aliphatic carbocycles. The summed E-state index contributed by atoms with van der Waals surface area (Å²) in [6.07, 6.45) is 38.9. The van der Waals surface area contributed by atoms with Crippen LogP contribution in [0.2, 0.25) is 0 Å². The lowest BCUT2D eigenvalue weighted by atomic mass is 9.94. The van der Waals surface area contributed by atoms with Crippen LogP contribution in [0, 0.1) is 5.92 Å². The van der Waals surface area contributed by atoms with Crippen LogP contribution in [0.4, 0.5) is 0 Å². The normalized spacial score (nSPS) is 12.1. The second kappa shape index (κ2) is 30.7. The van der Waals surface area contributed by atoms with E-state index in [0.29, 0.717) is 18.1 Å². The minimum absolute atomic E-state index is 0.221. The van der Waals surface area contributed by atoms with Crippen LogP contribution < -0.4 is 0 Å². The fraction of sp³-hybridized carbons (Fsp3) is 0.917. The monoisotopic (exact) mass is 535 g/mol. The van der Waals surface area contributed by atoms with Gasteiger partial charge >= 0.3 is 5.97 Å². The highest BCUT2D eigenvalue weighted by molar-refractivity contribution is 5.86. The topological polar surface area (TPSA) is 26.3 Å². The molecule has 0 heterocycles. The third kappa shape index (κ3) is 28.2. The van der Waals surface area contributed by atoms with E-state index in [0.717, 1.165) is 0 Å². The average Bonchev–Trinajstić information content (AvgIpc) is 2.91. The summed E-state index contributed by atoms with van der Waals surface area (Å²) in [5.74, 6) is 0.307. The van der Waals surface area contributed by atoms with Crippen LogP contribution in [0.1, 0.15) is 201 Å². The molecule has 0 aliphatic rings. The second-order valence-corrected chi connectivity index (χ2v) is 12.3. The highest BCUT2D eigenvalue weighted by Gasteiger charge is 2.12. The van der Waals surface area contributed by atoms with Gasteiger partial charge in [0.25, 0.3) is 0 Å². The van der Waals surface area contributed by atoms with Gasteiger partial charge in [-0.1, -0.05) is 187 Å². The fourth-order valence-corrected chi connectivity index (χ4v) is 5.53. The molecule has 0 N–H and O–H groups in total. The van der Waals surface area contributed by atoms with E-state index in [1.807, 2.05) is 0 Å². The second-order valence-electron chi connectivity index (χ2n) is 12.3. The first kappa shape index (κ1) is 37.2. The third-order valence-corrected chi connectivity index (χ3v) is 8.23. The molecule has 0 radical (unpaired) electrons. The largest absolute Gasteiger partial charge is 0.462 e. The summed E-state index contributed by atoms with van der Waals surface area (Å²) >= 11 is 0. The smallest absolute Gasteiger partial charge is 0.333 e. The van der Waals surface area contributed by atoms with Crippen molar-refractivity contribution in [1.82, 2.24) is 0 Å². The predicted octanol–water partition coefficient (Wildman–Crippen LogP) is 12.7. The predicted molar refractivity (Wildman–Crippen MR) is 170 cm³/mol. The molecule has 0 fully saturated rings. The van der Waals surface area contributed by atoms with Crippen molar-refractivity contribution in [2.45, 2.75) is 201 Å². The molecule has 0 spiro atoms. The molecule has 0 rings (SSSR count). The zero-order chi connectivity index (χ0) is 27.9. The van der Waals surface area contributed by atoms with Crippen molar-refractivity contribution in [3.05, 3.63) is 12.2 Å². The molecule has 0 aromatic heterocycles. The summed E-state index contributed by atoms with van der Waals surface area (Å²) in [6, 6.07) is 0. The lowest BCUT2D eigenvalue weighted by Gasteiger charge is -2.17. The molecule has 2 heteroatoms. The quantitative estimate of drug-likeness (QED) is 0.0502. The van der Waals surface area contributed by atoms with Crippen LogP contribution in [0.15, 0.2) is 12.2 Å². The molecule has 1 atom stereocenters. The first-order valence-electron chi connectivity index (χ1n) is 17.4. The Balaban J connectivity index is 3.58. The Morgan fingerprint density at radius 2 is 0.763 bits per heavy atom. The van der Waals surface area contributed by atoms with E-state index in [9.17, 15) is 4.79 Å². The van der Waals surface area contributed by atoms with E-state index in [1.165, 1.54) is 180 Å². The van der Waals surface area contributed by atoms with Crippen molar-refractivity contribution in [3.63, 3.8) is 0 Å². The van der Waals surface area contributed by atoms with E-state index in [1.54, 1.807) is 6.92 Å². The number of carbonyl (C=O) groups is 1. The standard InChI is InChI=1S/C36H70O2/c1-5-7-9-11-13-14-15-16-17-18-19-20-21-22-23-24-25-26-28-30-32-35(33-38-36(37)34(3)4)31-29-27-12-10-8-6-2/h35H,3,5-33H2,1-2,4H3. The molecular weight excluding hydrogens is 464 g/mol. The fourth-order valence-electron chi connectivity index (χ4n) is 5.53. The number of rotatable bonds is 31. The van der Waals surface area contributed by atoms with Crippen molar-refractivity contribution in [1.29, 1.82) is 0 Å². The first-order valence-corrected chi connectivity index (χ1v) is 17.4. The SMILES string of the molecule is C=C(C)C(=O)OCC(CCCCCCCC)CCCCCCCCCCCCCCCCCCCCCC. The minimum Gasteiger partial charge on any atom is -0.462 e. The summed E-state index contributed by atoms with van der Waals surface area (Å²) in [7, 11) is 0. The van der Waals surface area contributed by atoms with Gasteiger partial charge in [-0.15, -0.1) is 0 Å². The summed E-state index contributed by atoms with van der Waals surface area (Å²) in [4.78, 5) is 11.8. The minimum atomic E-state index is -0.221. The van der Waals surface area contributed by atoms with Crippen LogP contribution in [0.3, 0.4) is 0 Å². The van der Waals surface area contributed by atoms with Crippen molar-refractivity contribution in [2.24, 2.45) is 5.92 Å². The van der Waals surface area contributed by atoms with E-state index < -0.39 is 0 Å². The maximum absolute atomic E-state index is 11.8. The summed E-state index contributed by atoms with van der Waals surface area (Å²) in [5.41, 5.74) is 0.516. The van der Waals surface area contributed by atoms with Gasteiger partial charge in [0.1, 0.15) is 0 Å². The molecular formula is C36H70O2. The van der Waals surface area contributed by atoms with Crippen molar-refractivity contribution >= 4 is 5.97 Å². The summed E-state index contributed by atoms with van der Waals surface area (Å²) < 4.78 is 5.52. The maximum Gasteiger partial charge on any atom is 0.333 e. The van der Waals surface area contributed by atoms with Gasteiger partial charge in [-0.3, -0.25) is 0 Å². The molecule has 226 valence electrons. The molecule has 0 saturated carbocycles. The number of hydrogen-bond donors (Lipinski definition) is 0. The molecule has 38 heavy (non-hydrogen) atoms. The van der Waals surface area contributed by atoms with Crippen LogP contribution in [0.5, 0.6) is 0 Å². The van der Waals surface area contributed by atoms with E-state index in [2.05, 4.69) is 20.4 Å². The van der Waals surface area contributed by atoms with E-state index in [-0.39, 0.29) is 5.97 Å². The van der Waals surface area contributed by atoms with Gasteiger partial charge in [-0.05, 0) is 25.7 Å². The molecule has 0 aromatic carbocycles. The van der Waals surface area contributed by atoms with Gasteiger partial charge in [-0.2, -0.15) is 0 Å². The Morgan fingerprint density at radius 1 is 0.500 bits per heavy atom. The van der Waals surface area contributed by atoms with Crippen LogP contribution >= 0.6 is 0 Å². The van der Waals surface area contributed by atoms with Crippen molar-refractivity contribution in [2.75, 3.05) is 6.61 Å². The van der Waals surface area contributed by atoms with E-state index >= 15 is 0 Å². The number of unbranched alkanes of at least 4 members (excludes halogenated alkanes) is 24. The lowest BCUT2D eigenvalue weighted by molar-refractivity contribution is -0.140. The first-order chi connectivity index (χ1) is 18.6. The molecule has 1 unspecified atom stereocenters. The van der Waals surface area contributed by atoms with Crippen molar-refractivity contribution < 1.29 is 9.53 Å². The molecule has 0 saturated heterocycles. The Kier molecular flexibility index (Phi) is 30.1. The summed E-state index contributed by atoms with van der Waals surface area (Å²) in [5, 5.41) is 0. The lowest BCUT2D eigenvalue weighted by Crippen LogP contribution is -2.15. The highest BCUT2D eigenvalue weighted by Crippen LogP contribution is 2.21. The van der Waals surface area contributed by atoms with Gasteiger partial charge in [0.15, 0.2) is 0 Å². The van der Waals surface area contributed by atoms with Crippen molar-refractivity contribution in [3.8, 4) is 0 Å². The molecule has 2 nitrogen and oxygen atoms in total. The Labute approximate surface area is 240 Å². The summed E-state index contributed by atoms with van der Waals surface area (Å²) in [6.45, 7) is 10.6. The van der Waals surface area contributed by atoms with Crippen LogP contribution in [-0.4, -0.2) is 12.6 Å². The third-order valence-electron chi connectivity index (χ3n) is 8.23. The van der Waals surface area contributed by atoms with Gasteiger partial charge in [0.05, 0.1) is 6.61 Å². The van der Waals surface area contributed by atoms with Gasteiger partial charge < -0.3 is 4.74 Å². The van der Waals surface area contributed by atoms with Gasteiger partial charge in [-0.25, -0.2) is 4.79 Å². The molecule has 0 bridgehead atoms. The van der Waals surface area contributed by atoms with Gasteiger partial charge in [0.2, 0.25) is 0 Å². The molecule has 0 aliphatic heterocycles. The zero-order valence-corrected chi connectivity index (χ0v) is 26.6. The van der Waals surface area contributed by atoms with Crippen LogP contribution in [0.25, 0.3) is 0 Å². The number of carbonyl (C=O) groups excluding carboxylic acids is 1. The van der Waals surface area contributed by atoms with E-state index in [4.69, 9.17) is 4.74 Å². The van der Waals surface area contributed by atoms with Crippen LogP contribution in [-0.2, 0) is 9.53 Å².